The number of likely N-dealkylation sites (N-methyl/N-ethyl adjacent to an activating group) is 1. The predicted molar refractivity (Wildman–Crippen MR) is 81.7 cm³/mol. The van der Waals surface area contributed by atoms with Crippen molar-refractivity contribution in [1.29, 1.82) is 0 Å². The minimum absolute atomic E-state index is 0.789. The smallest absolute Gasteiger partial charge is 0.0587 e. The summed E-state index contributed by atoms with van der Waals surface area (Å²) in [7, 11) is 3.93. The summed E-state index contributed by atoms with van der Waals surface area (Å²) >= 11 is 0. The first-order chi connectivity index (χ1) is 9.24. The number of rotatable bonds is 10. The first-order valence-corrected chi connectivity index (χ1v) is 7.16. The number of methoxy groups -OCH3 is 1. The third-order valence-corrected chi connectivity index (χ3v) is 3.40. The molecule has 0 spiro atoms. The molecular weight excluding hydrogens is 236 g/mol. The van der Waals surface area contributed by atoms with Gasteiger partial charge in [0.05, 0.1) is 6.61 Å². The minimum Gasteiger partial charge on any atom is -0.383 e. The summed E-state index contributed by atoms with van der Waals surface area (Å²) in [6.07, 6.45) is 2.40. The van der Waals surface area contributed by atoms with E-state index in [-0.39, 0.29) is 0 Å². The standard InChI is InChI=1S/C16H28N2O/c1-15-7-4-5-8-16(15)9-6-12-18(2)13-10-17-11-14-19-3/h4-5,7-8,17H,6,9-14H2,1-3H3. The molecule has 3 nitrogen and oxygen atoms in total. The largest absolute Gasteiger partial charge is 0.383 e. The monoisotopic (exact) mass is 264 g/mol. The zero-order valence-corrected chi connectivity index (χ0v) is 12.6. The van der Waals surface area contributed by atoms with Crippen molar-refractivity contribution < 1.29 is 4.74 Å². The minimum atomic E-state index is 0.789. The van der Waals surface area contributed by atoms with Crippen molar-refractivity contribution in [2.75, 3.05) is 46.9 Å². The highest BCUT2D eigenvalue weighted by Crippen LogP contribution is 2.09. The summed E-state index contributed by atoms with van der Waals surface area (Å²) in [6, 6.07) is 8.67. The molecule has 0 aromatic heterocycles. The summed E-state index contributed by atoms with van der Waals surface area (Å²) in [5, 5.41) is 3.37. The van der Waals surface area contributed by atoms with Gasteiger partial charge in [-0.1, -0.05) is 24.3 Å². The van der Waals surface area contributed by atoms with Crippen LogP contribution in [-0.2, 0) is 11.2 Å². The lowest BCUT2D eigenvalue weighted by molar-refractivity contribution is 0.198. The Bertz CT molecular complexity index is 341. The van der Waals surface area contributed by atoms with Gasteiger partial charge in [0.1, 0.15) is 0 Å². The van der Waals surface area contributed by atoms with Crippen LogP contribution in [0.2, 0.25) is 0 Å². The Hall–Kier alpha value is -0.900. The van der Waals surface area contributed by atoms with Gasteiger partial charge in [-0.25, -0.2) is 0 Å². The van der Waals surface area contributed by atoms with Gasteiger partial charge in [-0.2, -0.15) is 0 Å². The highest BCUT2D eigenvalue weighted by atomic mass is 16.5. The fraction of sp³-hybridized carbons (Fsp3) is 0.625. The number of aryl methyl sites for hydroxylation is 2. The molecule has 1 aromatic carbocycles. The van der Waals surface area contributed by atoms with Crippen molar-refractivity contribution in [3.8, 4) is 0 Å². The van der Waals surface area contributed by atoms with E-state index in [1.807, 2.05) is 0 Å². The van der Waals surface area contributed by atoms with E-state index in [9.17, 15) is 0 Å². The van der Waals surface area contributed by atoms with Crippen LogP contribution in [-0.4, -0.2) is 51.8 Å². The Morgan fingerprint density at radius 2 is 1.95 bits per heavy atom. The molecule has 0 aliphatic heterocycles. The fourth-order valence-electron chi connectivity index (χ4n) is 2.11. The van der Waals surface area contributed by atoms with Gasteiger partial charge in [-0.15, -0.1) is 0 Å². The van der Waals surface area contributed by atoms with Gasteiger partial charge in [0.2, 0.25) is 0 Å². The first-order valence-electron chi connectivity index (χ1n) is 7.16. The summed E-state index contributed by atoms with van der Waals surface area (Å²) in [4.78, 5) is 2.39. The maximum atomic E-state index is 5.00. The molecular formula is C16H28N2O. The number of benzene rings is 1. The predicted octanol–water partition coefficient (Wildman–Crippen LogP) is 2.10. The van der Waals surface area contributed by atoms with E-state index < -0.39 is 0 Å². The van der Waals surface area contributed by atoms with Crippen LogP contribution in [0.5, 0.6) is 0 Å². The van der Waals surface area contributed by atoms with Crippen molar-refractivity contribution in [2.45, 2.75) is 19.8 Å². The maximum Gasteiger partial charge on any atom is 0.0587 e. The van der Waals surface area contributed by atoms with Gasteiger partial charge >= 0.3 is 0 Å². The van der Waals surface area contributed by atoms with Crippen LogP contribution in [0, 0.1) is 6.92 Å². The van der Waals surface area contributed by atoms with E-state index in [4.69, 9.17) is 4.74 Å². The molecule has 108 valence electrons. The van der Waals surface area contributed by atoms with Crippen molar-refractivity contribution in [3.63, 3.8) is 0 Å². The fourth-order valence-corrected chi connectivity index (χ4v) is 2.11. The quantitative estimate of drug-likeness (QED) is 0.655. The lowest BCUT2D eigenvalue weighted by Gasteiger charge is -2.17. The van der Waals surface area contributed by atoms with E-state index in [0.717, 1.165) is 32.8 Å². The second-order valence-electron chi connectivity index (χ2n) is 5.08. The second kappa shape index (κ2) is 9.96. The van der Waals surface area contributed by atoms with E-state index in [2.05, 4.69) is 48.5 Å². The molecule has 19 heavy (non-hydrogen) atoms. The van der Waals surface area contributed by atoms with Crippen LogP contribution < -0.4 is 5.32 Å². The van der Waals surface area contributed by atoms with Crippen LogP contribution in [0.1, 0.15) is 17.5 Å². The van der Waals surface area contributed by atoms with Gasteiger partial charge in [0.25, 0.3) is 0 Å². The SMILES string of the molecule is COCCNCCN(C)CCCc1ccccc1C. The van der Waals surface area contributed by atoms with Crippen LogP contribution in [0.25, 0.3) is 0 Å². The third kappa shape index (κ3) is 7.31. The maximum absolute atomic E-state index is 5.00. The normalized spacial score (nSPS) is 11.2. The molecule has 0 aliphatic carbocycles. The Labute approximate surface area is 118 Å². The molecule has 0 amide bonds. The molecule has 0 saturated carbocycles. The van der Waals surface area contributed by atoms with Crippen LogP contribution in [0.3, 0.4) is 0 Å². The van der Waals surface area contributed by atoms with E-state index >= 15 is 0 Å². The lowest BCUT2D eigenvalue weighted by Crippen LogP contribution is -2.31. The summed E-state index contributed by atoms with van der Waals surface area (Å²) in [5.41, 5.74) is 2.89. The molecule has 3 heteroatoms. The number of nitrogens with zero attached hydrogens (tertiary/aromatic N) is 1. The highest BCUT2D eigenvalue weighted by Gasteiger charge is 2.00. The van der Waals surface area contributed by atoms with Crippen LogP contribution >= 0.6 is 0 Å². The molecule has 0 atom stereocenters. The molecule has 1 aromatic rings. The topological polar surface area (TPSA) is 24.5 Å². The third-order valence-electron chi connectivity index (χ3n) is 3.40. The number of ether oxygens (including phenoxy) is 1. The highest BCUT2D eigenvalue weighted by molar-refractivity contribution is 5.25. The number of hydrogen-bond donors (Lipinski definition) is 1. The average molecular weight is 264 g/mol. The van der Waals surface area contributed by atoms with Gasteiger partial charge in [-0.3, -0.25) is 0 Å². The van der Waals surface area contributed by atoms with Crippen molar-refractivity contribution in [2.24, 2.45) is 0 Å². The second-order valence-corrected chi connectivity index (χ2v) is 5.08. The van der Waals surface area contributed by atoms with Gasteiger partial charge in [-0.05, 0) is 44.5 Å². The van der Waals surface area contributed by atoms with Crippen molar-refractivity contribution in [1.82, 2.24) is 10.2 Å². The Morgan fingerprint density at radius 1 is 1.16 bits per heavy atom. The average Bonchev–Trinajstić information content (AvgIpc) is 2.41. The Kier molecular flexibility index (Phi) is 8.47. The first kappa shape index (κ1) is 16.2. The molecule has 0 unspecified atom stereocenters. The molecule has 0 saturated heterocycles. The zero-order chi connectivity index (χ0) is 13.9. The molecule has 0 heterocycles. The summed E-state index contributed by atoms with van der Waals surface area (Å²) in [6.45, 7) is 7.20. The Morgan fingerprint density at radius 3 is 2.68 bits per heavy atom. The number of hydrogen-bond acceptors (Lipinski definition) is 3. The van der Waals surface area contributed by atoms with Gasteiger partial charge in [0.15, 0.2) is 0 Å². The summed E-state index contributed by atoms with van der Waals surface area (Å²) < 4.78 is 5.00. The zero-order valence-electron chi connectivity index (χ0n) is 12.6. The van der Waals surface area contributed by atoms with Crippen molar-refractivity contribution >= 4 is 0 Å². The molecule has 0 radical (unpaired) electrons. The Balaban J connectivity index is 2.07. The van der Waals surface area contributed by atoms with Gasteiger partial charge < -0.3 is 15.0 Å². The van der Waals surface area contributed by atoms with Crippen LogP contribution in [0.4, 0.5) is 0 Å². The molecule has 0 fully saturated rings. The van der Waals surface area contributed by atoms with E-state index in [0.29, 0.717) is 0 Å². The molecule has 0 aliphatic rings. The van der Waals surface area contributed by atoms with E-state index in [1.165, 1.54) is 24.0 Å². The molecule has 1 rings (SSSR count). The molecule has 0 bridgehead atoms. The molecule has 1 N–H and O–H groups in total. The van der Waals surface area contributed by atoms with E-state index in [1.54, 1.807) is 7.11 Å². The van der Waals surface area contributed by atoms with Gasteiger partial charge in [0, 0.05) is 26.7 Å². The lowest BCUT2D eigenvalue weighted by atomic mass is 10.0. The summed E-state index contributed by atoms with van der Waals surface area (Å²) in [5.74, 6) is 0. The van der Waals surface area contributed by atoms with Crippen LogP contribution in [0.15, 0.2) is 24.3 Å². The van der Waals surface area contributed by atoms with Crippen molar-refractivity contribution in [3.05, 3.63) is 35.4 Å². The number of nitrogens with one attached hydrogen (secondary N) is 1.